The number of hydrogen-bond acceptors (Lipinski definition) is 4. The third-order valence-corrected chi connectivity index (χ3v) is 3.38. The van der Waals surface area contributed by atoms with Gasteiger partial charge in [-0.05, 0) is 19.1 Å². The first-order valence-electron chi connectivity index (χ1n) is 5.55. The van der Waals surface area contributed by atoms with Crippen molar-refractivity contribution in [3.8, 4) is 0 Å². The zero-order valence-corrected chi connectivity index (χ0v) is 11.2. The zero-order valence-electron chi connectivity index (χ0n) is 10.4. The van der Waals surface area contributed by atoms with Gasteiger partial charge in [-0.3, -0.25) is 9.71 Å². The predicted molar refractivity (Wildman–Crippen MR) is 69.5 cm³/mol. The van der Waals surface area contributed by atoms with E-state index < -0.39 is 10.0 Å². The molecule has 0 bridgehead atoms. The second-order valence-electron chi connectivity index (χ2n) is 4.22. The molecule has 17 heavy (non-hydrogen) atoms. The molecular weight excluding hydrogens is 238 g/mol. The monoisotopic (exact) mass is 257 g/mol. The van der Waals surface area contributed by atoms with E-state index in [-0.39, 0.29) is 11.8 Å². The van der Waals surface area contributed by atoms with Crippen LogP contribution in [0, 0.1) is 6.92 Å². The Balaban J connectivity index is 2.55. The molecule has 0 aliphatic carbocycles. The lowest BCUT2D eigenvalue weighted by atomic mass is 10.3. The Morgan fingerprint density at radius 2 is 2.12 bits per heavy atom. The largest absolute Gasteiger partial charge is 0.313 e. The van der Waals surface area contributed by atoms with Crippen LogP contribution in [0.5, 0.6) is 0 Å². The summed E-state index contributed by atoms with van der Waals surface area (Å²) in [5, 5.41) is 3.07. The van der Waals surface area contributed by atoms with Crippen LogP contribution in [-0.2, 0) is 10.0 Å². The lowest BCUT2D eigenvalue weighted by Gasteiger charge is -2.10. The summed E-state index contributed by atoms with van der Waals surface area (Å²) in [5.41, 5.74) is 1.34. The molecule has 0 spiro atoms. The van der Waals surface area contributed by atoms with E-state index in [1.807, 2.05) is 20.8 Å². The standard InChI is InChI=1S/C11H19N3O2S/c1-9(2)12-6-7-17(15,16)14-11-4-5-13-10(3)8-11/h4-5,8-9,12H,6-7H2,1-3H3,(H,13,14). The maximum absolute atomic E-state index is 11.7. The van der Waals surface area contributed by atoms with Crippen LogP contribution < -0.4 is 10.0 Å². The number of aromatic nitrogens is 1. The van der Waals surface area contributed by atoms with E-state index in [0.29, 0.717) is 12.2 Å². The topological polar surface area (TPSA) is 71.1 Å². The minimum Gasteiger partial charge on any atom is -0.313 e. The van der Waals surface area contributed by atoms with E-state index in [4.69, 9.17) is 0 Å². The molecule has 0 unspecified atom stereocenters. The molecule has 0 aromatic carbocycles. The highest BCUT2D eigenvalue weighted by atomic mass is 32.2. The fraction of sp³-hybridized carbons (Fsp3) is 0.545. The molecule has 5 nitrogen and oxygen atoms in total. The van der Waals surface area contributed by atoms with Crippen molar-refractivity contribution in [1.29, 1.82) is 0 Å². The van der Waals surface area contributed by atoms with Gasteiger partial charge in [0.1, 0.15) is 0 Å². The van der Waals surface area contributed by atoms with Gasteiger partial charge in [0.05, 0.1) is 11.4 Å². The Labute approximate surface area is 103 Å². The summed E-state index contributed by atoms with van der Waals surface area (Å²) in [6.45, 7) is 6.22. The number of nitrogens with one attached hydrogen (secondary N) is 2. The number of pyridine rings is 1. The molecule has 2 N–H and O–H groups in total. The van der Waals surface area contributed by atoms with Crippen molar-refractivity contribution < 1.29 is 8.42 Å². The van der Waals surface area contributed by atoms with Crippen molar-refractivity contribution in [3.63, 3.8) is 0 Å². The molecule has 6 heteroatoms. The summed E-state index contributed by atoms with van der Waals surface area (Å²) < 4.78 is 26.0. The number of sulfonamides is 1. The van der Waals surface area contributed by atoms with Crippen molar-refractivity contribution in [2.24, 2.45) is 0 Å². The SMILES string of the molecule is Cc1cc(NS(=O)(=O)CCNC(C)C)ccn1. The number of hydrogen-bond donors (Lipinski definition) is 2. The van der Waals surface area contributed by atoms with Crippen LogP contribution in [0.2, 0.25) is 0 Å². The first-order chi connectivity index (χ1) is 7.89. The molecule has 0 saturated heterocycles. The first-order valence-corrected chi connectivity index (χ1v) is 7.21. The normalized spacial score (nSPS) is 11.8. The third-order valence-electron chi connectivity index (χ3n) is 2.09. The Bertz CT molecular complexity index is 458. The smallest absolute Gasteiger partial charge is 0.233 e. The van der Waals surface area contributed by atoms with Gasteiger partial charge in [-0.15, -0.1) is 0 Å². The molecule has 0 saturated carbocycles. The number of rotatable bonds is 6. The fourth-order valence-corrected chi connectivity index (χ4v) is 2.30. The number of aryl methyl sites for hydroxylation is 1. The van der Waals surface area contributed by atoms with Crippen LogP contribution in [0.3, 0.4) is 0 Å². The maximum Gasteiger partial charge on any atom is 0.233 e. The van der Waals surface area contributed by atoms with Gasteiger partial charge in [-0.1, -0.05) is 13.8 Å². The maximum atomic E-state index is 11.7. The molecular formula is C11H19N3O2S. The molecule has 0 atom stereocenters. The Kier molecular flexibility index (Phi) is 4.89. The van der Waals surface area contributed by atoms with Gasteiger partial charge < -0.3 is 5.32 Å². The summed E-state index contributed by atoms with van der Waals surface area (Å²) in [7, 11) is -3.29. The molecule has 1 rings (SSSR count). The van der Waals surface area contributed by atoms with Gasteiger partial charge >= 0.3 is 0 Å². The van der Waals surface area contributed by atoms with Gasteiger partial charge in [0.25, 0.3) is 0 Å². The average molecular weight is 257 g/mol. The van der Waals surface area contributed by atoms with Crippen molar-refractivity contribution in [3.05, 3.63) is 24.0 Å². The zero-order chi connectivity index (χ0) is 12.9. The quantitative estimate of drug-likeness (QED) is 0.801. The van der Waals surface area contributed by atoms with Gasteiger partial charge in [0.2, 0.25) is 10.0 Å². The summed E-state index contributed by atoms with van der Waals surface area (Å²) in [6.07, 6.45) is 1.58. The predicted octanol–water partition coefficient (Wildman–Crippen LogP) is 1.13. The van der Waals surface area contributed by atoms with Gasteiger partial charge in [0, 0.05) is 24.5 Å². The highest BCUT2D eigenvalue weighted by Gasteiger charge is 2.10. The molecule has 96 valence electrons. The van der Waals surface area contributed by atoms with Gasteiger partial charge in [0.15, 0.2) is 0 Å². The lowest BCUT2D eigenvalue weighted by Crippen LogP contribution is -2.30. The summed E-state index contributed by atoms with van der Waals surface area (Å²) >= 11 is 0. The Morgan fingerprint density at radius 1 is 1.41 bits per heavy atom. The van der Waals surface area contributed by atoms with Crippen LogP contribution in [0.4, 0.5) is 5.69 Å². The Hall–Kier alpha value is -1.14. The van der Waals surface area contributed by atoms with Crippen molar-refractivity contribution in [2.45, 2.75) is 26.8 Å². The molecule has 1 aromatic rings. The van der Waals surface area contributed by atoms with E-state index >= 15 is 0 Å². The van der Waals surface area contributed by atoms with Crippen LogP contribution in [0.15, 0.2) is 18.3 Å². The highest BCUT2D eigenvalue weighted by Crippen LogP contribution is 2.09. The molecule has 0 aliphatic heterocycles. The summed E-state index contributed by atoms with van der Waals surface area (Å²) in [5.74, 6) is 0.0621. The van der Waals surface area contributed by atoms with E-state index in [1.165, 1.54) is 0 Å². The molecule has 0 aliphatic rings. The lowest BCUT2D eigenvalue weighted by molar-refractivity contribution is 0.582. The highest BCUT2D eigenvalue weighted by molar-refractivity contribution is 7.92. The minimum absolute atomic E-state index is 0.0621. The fourth-order valence-electron chi connectivity index (χ4n) is 1.32. The second-order valence-corrected chi connectivity index (χ2v) is 6.06. The van der Waals surface area contributed by atoms with Crippen LogP contribution >= 0.6 is 0 Å². The Morgan fingerprint density at radius 3 is 2.71 bits per heavy atom. The average Bonchev–Trinajstić information content (AvgIpc) is 2.15. The minimum atomic E-state index is -3.29. The molecule has 1 heterocycles. The van der Waals surface area contributed by atoms with Crippen molar-refractivity contribution in [1.82, 2.24) is 10.3 Å². The van der Waals surface area contributed by atoms with E-state index in [9.17, 15) is 8.42 Å². The summed E-state index contributed by atoms with van der Waals surface area (Å²) in [4.78, 5) is 4.01. The number of nitrogens with zero attached hydrogens (tertiary/aromatic N) is 1. The molecule has 0 radical (unpaired) electrons. The van der Waals surface area contributed by atoms with Crippen LogP contribution in [0.25, 0.3) is 0 Å². The van der Waals surface area contributed by atoms with Gasteiger partial charge in [-0.2, -0.15) is 0 Å². The molecule has 0 fully saturated rings. The molecule has 1 aromatic heterocycles. The molecule has 0 amide bonds. The van der Waals surface area contributed by atoms with E-state index in [0.717, 1.165) is 5.69 Å². The van der Waals surface area contributed by atoms with Crippen molar-refractivity contribution >= 4 is 15.7 Å². The first kappa shape index (κ1) is 13.9. The van der Waals surface area contributed by atoms with E-state index in [2.05, 4.69) is 15.0 Å². The van der Waals surface area contributed by atoms with Crippen LogP contribution in [0.1, 0.15) is 19.5 Å². The van der Waals surface area contributed by atoms with Crippen LogP contribution in [-0.4, -0.2) is 31.7 Å². The van der Waals surface area contributed by atoms with E-state index in [1.54, 1.807) is 18.3 Å². The van der Waals surface area contributed by atoms with Gasteiger partial charge in [-0.25, -0.2) is 8.42 Å². The number of anilines is 1. The second kappa shape index (κ2) is 5.97. The van der Waals surface area contributed by atoms with Crippen molar-refractivity contribution in [2.75, 3.05) is 17.0 Å². The third kappa shape index (κ3) is 5.65. The summed E-state index contributed by atoms with van der Waals surface area (Å²) in [6, 6.07) is 3.63.